The second kappa shape index (κ2) is 8.47. The predicted molar refractivity (Wildman–Crippen MR) is 135 cm³/mol. The maximum Gasteiger partial charge on any atom is 0.227 e. The molecule has 0 amide bonds. The van der Waals surface area contributed by atoms with E-state index in [-0.39, 0.29) is 0 Å². The topological polar surface area (TPSA) is 38.9 Å². The van der Waals surface area contributed by atoms with Crippen LogP contribution in [0, 0.1) is 5.92 Å². The van der Waals surface area contributed by atoms with E-state index in [0.717, 1.165) is 44.8 Å². The summed E-state index contributed by atoms with van der Waals surface area (Å²) in [6, 6.07) is 25.3. The number of hydrogen-bond donors (Lipinski definition) is 0. The maximum atomic E-state index is 6.12. The summed E-state index contributed by atoms with van der Waals surface area (Å²) < 4.78 is 6.12. The number of fused-ring (bicyclic) bond motifs is 3. The summed E-state index contributed by atoms with van der Waals surface area (Å²) in [4.78, 5) is 9.51. The Labute approximate surface area is 194 Å². The van der Waals surface area contributed by atoms with E-state index < -0.39 is 0 Å². The van der Waals surface area contributed by atoms with Crippen molar-refractivity contribution in [1.29, 1.82) is 0 Å². The van der Waals surface area contributed by atoms with E-state index in [2.05, 4.69) is 55.5 Å². The third-order valence-electron chi connectivity index (χ3n) is 7.37. The molecule has 0 bridgehead atoms. The van der Waals surface area contributed by atoms with Crippen LogP contribution in [0.2, 0.25) is 0 Å². The largest absolute Gasteiger partial charge is 0.438 e. The summed E-state index contributed by atoms with van der Waals surface area (Å²) in [6.07, 6.45) is 8.81. The fourth-order valence-electron chi connectivity index (χ4n) is 5.38. The highest BCUT2D eigenvalue weighted by Crippen LogP contribution is 2.37. The Hall–Kier alpha value is -3.46. The molecule has 5 aromatic rings. The van der Waals surface area contributed by atoms with E-state index in [9.17, 15) is 0 Å². The molecule has 3 nitrogen and oxygen atoms in total. The number of furan rings is 1. The van der Waals surface area contributed by atoms with E-state index in [4.69, 9.17) is 14.4 Å². The minimum absolute atomic E-state index is 0.575. The van der Waals surface area contributed by atoms with Gasteiger partial charge in [-0.15, -0.1) is 0 Å². The minimum Gasteiger partial charge on any atom is -0.438 e. The lowest BCUT2D eigenvalue weighted by Crippen LogP contribution is -2.14. The molecule has 1 unspecified atom stereocenters. The molecule has 0 N–H and O–H groups in total. The van der Waals surface area contributed by atoms with Crippen LogP contribution in [0.1, 0.15) is 50.5 Å². The van der Waals surface area contributed by atoms with Gasteiger partial charge in [0.15, 0.2) is 0 Å². The highest BCUT2D eigenvalue weighted by atomic mass is 16.3. The lowest BCUT2D eigenvalue weighted by atomic mass is 9.78. The van der Waals surface area contributed by atoms with Gasteiger partial charge < -0.3 is 4.42 Å². The van der Waals surface area contributed by atoms with Crippen molar-refractivity contribution < 1.29 is 4.42 Å². The van der Waals surface area contributed by atoms with Crippen LogP contribution in [-0.2, 0) is 0 Å². The highest BCUT2D eigenvalue weighted by Gasteiger charge is 2.22. The first-order valence-electron chi connectivity index (χ1n) is 12.1. The van der Waals surface area contributed by atoms with Gasteiger partial charge in [-0.1, -0.05) is 56.5 Å². The van der Waals surface area contributed by atoms with Crippen molar-refractivity contribution in [3.63, 3.8) is 0 Å². The first-order valence-corrected chi connectivity index (χ1v) is 12.1. The number of aromatic nitrogens is 2. The van der Waals surface area contributed by atoms with Gasteiger partial charge in [-0.05, 0) is 72.7 Å². The number of benzene rings is 2. The molecule has 3 heterocycles. The van der Waals surface area contributed by atoms with E-state index in [1.54, 1.807) is 0 Å². The second-order valence-electron chi connectivity index (χ2n) is 9.39. The van der Waals surface area contributed by atoms with Crippen molar-refractivity contribution in [2.75, 3.05) is 0 Å². The molecule has 0 spiro atoms. The van der Waals surface area contributed by atoms with Crippen molar-refractivity contribution in [2.24, 2.45) is 5.92 Å². The molecule has 0 aliphatic heterocycles. The fraction of sp³-hybridized carbons (Fsp3) is 0.267. The summed E-state index contributed by atoms with van der Waals surface area (Å²) in [7, 11) is 0. The molecular weight excluding hydrogens is 404 g/mol. The Balaban J connectivity index is 1.36. The van der Waals surface area contributed by atoms with Crippen molar-refractivity contribution in [2.45, 2.75) is 44.9 Å². The molecule has 1 aliphatic rings. The smallest absolute Gasteiger partial charge is 0.227 e. The van der Waals surface area contributed by atoms with Gasteiger partial charge in [0.05, 0.1) is 11.4 Å². The van der Waals surface area contributed by atoms with Crippen LogP contribution in [0.15, 0.2) is 83.4 Å². The molecule has 6 rings (SSSR count). The van der Waals surface area contributed by atoms with Gasteiger partial charge in [0.2, 0.25) is 5.71 Å². The molecule has 1 saturated carbocycles. The summed E-state index contributed by atoms with van der Waals surface area (Å²) >= 11 is 0. The van der Waals surface area contributed by atoms with Gasteiger partial charge in [-0.25, -0.2) is 4.98 Å². The molecule has 1 fully saturated rings. The van der Waals surface area contributed by atoms with Crippen LogP contribution < -0.4 is 0 Å². The number of hydrogen-bond acceptors (Lipinski definition) is 3. The molecule has 1 aliphatic carbocycles. The molecule has 1 atom stereocenters. The summed E-state index contributed by atoms with van der Waals surface area (Å²) in [5.41, 5.74) is 7.10. The Kier molecular flexibility index (Phi) is 5.18. The number of rotatable bonds is 4. The van der Waals surface area contributed by atoms with E-state index in [1.807, 2.05) is 30.5 Å². The molecule has 3 heteroatoms. The van der Waals surface area contributed by atoms with Gasteiger partial charge >= 0.3 is 0 Å². The first-order chi connectivity index (χ1) is 16.3. The van der Waals surface area contributed by atoms with Crippen molar-refractivity contribution in [1.82, 2.24) is 9.97 Å². The van der Waals surface area contributed by atoms with Crippen molar-refractivity contribution in [3.8, 4) is 22.5 Å². The summed E-state index contributed by atoms with van der Waals surface area (Å²) in [5, 5.41) is 2.13. The monoisotopic (exact) mass is 432 g/mol. The van der Waals surface area contributed by atoms with E-state index in [0.29, 0.717) is 11.6 Å². The van der Waals surface area contributed by atoms with Gasteiger partial charge in [-0.2, -0.15) is 0 Å². The zero-order valence-electron chi connectivity index (χ0n) is 19.0. The Bertz CT molecular complexity index is 1410. The molecule has 2 aromatic carbocycles. The van der Waals surface area contributed by atoms with E-state index in [1.165, 1.54) is 37.7 Å². The van der Waals surface area contributed by atoms with Crippen LogP contribution in [0.3, 0.4) is 0 Å². The van der Waals surface area contributed by atoms with Crippen molar-refractivity contribution >= 4 is 22.1 Å². The Morgan fingerprint density at radius 2 is 1.64 bits per heavy atom. The van der Waals surface area contributed by atoms with Crippen molar-refractivity contribution in [3.05, 3.63) is 84.6 Å². The zero-order valence-corrected chi connectivity index (χ0v) is 19.0. The van der Waals surface area contributed by atoms with Gasteiger partial charge in [0.25, 0.3) is 0 Å². The van der Waals surface area contributed by atoms with Crippen LogP contribution in [0.5, 0.6) is 0 Å². The van der Waals surface area contributed by atoms with Crippen LogP contribution in [0.4, 0.5) is 0 Å². The molecule has 164 valence electrons. The van der Waals surface area contributed by atoms with Crippen LogP contribution in [-0.4, -0.2) is 9.97 Å². The lowest BCUT2D eigenvalue weighted by molar-refractivity contribution is 0.316. The number of pyridine rings is 2. The highest BCUT2D eigenvalue weighted by molar-refractivity contribution is 6.05. The van der Waals surface area contributed by atoms with Gasteiger partial charge in [0, 0.05) is 28.1 Å². The summed E-state index contributed by atoms with van der Waals surface area (Å²) in [5.74, 6) is 1.37. The van der Waals surface area contributed by atoms with Crippen LogP contribution in [0.25, 0.3) is 44.6 Å². The molecule has 0 radical (unpaired) electrons. The molecule has 3 aromatic heterocycles. The standard InChI is InChI=1S/C30H28N2O/c1-20(21-8-4-2-5-9-21)23-16-17-31-28(19-23)24-12-15-29-26(18-24)25-13-14-27(32-30(25)33-29)22-10-6-3-7-11-22/h3,6-7,10-21H,2,4-5,8-9H2,1H3. The predicted octanol–water partition coefficient (Wildman–Crippen LogP) is 8.39. The molecule has 0 saturated heterocycles. The third kappa shape index (κ3) is 3.82. The zero-order chi connectivity index (χ0) is 22.2. The van der Waals surface area contributed by atoms with Gasteiger partial charge in [-0.3, -0.25) is 4.98 Å². The Morgan fingerprint density at radius 3 is 2.48 bits per heavy atom. The molecule has 33 heavy (non-hydrogen) atoms. The average molecular weight is 433 g/mol. The maximum absolute atomic E-state index is 6.12. The minimum atomic E-state index is 0.575. The summed E-state index contributed by atoms with van der Waals surface area (Å²) in [6.45, 7) is 2.39. The second-order valence-corrected chi connectivity index (χ2v) is 9.39. The SMILES string of the molecule is CC(c1ccnc(-c2ccc3oc4nc(-c5ccccc5)ccc4c3c2)c1)C1CCCCC1. The Morgan fingerprint density at radius 1 is 0.788 bits per heavy atom. The van der Waals surface area contributed by atoms with Gasteiger partial charge in [0.1, 0.15) is 5.58 Å². The van der Waals surface area contributed by atoms with E-state index >= 15 is 0 Å². The lowest BCUT2D eigenvalue weighted by Gasteiger charge is -2.28. The number of nitrogens with zero attached hydrogens (tertiary/aromatic N) is 2. The first kappa shape index (κ1) is 20.2. The third-order valence-corrected chi connectivity index (χ3v) is 7.37. The normalized spacial score (nSPS) is 15.8. The fourth-order valence-corrected chi connectivity index (χ4v) is 5.38. The average Bonchev–Trinajstić information content (AvgIpc) is 3.26. The molecular formula is C30H28N2O. The van der Waals surface area contributed by atoms with Crippen LogP contribution >= 0.6 is 0 Å². The quantitative estimate of drug-likeness (QED) is 0.286.